The third-order valence-electron chi connectivity index (χ3n) is 2.96. The number of nitrogens with two attached hydrogens (primary N) is 1. The van der Waals surface area contributed by atoms with Crippen molar-refractivity contribution in [1.29, 1.82) is 0 Å². The molecular weight excluding hydrogens is 253 g/mol. The highest BCUT2D eigenvalue weighted by Gasteiger charge is 2.42. The second-order valence-electron chi connectivity index (χ2n) is 4.43. The van der Waals surface area contributed by atoms with Crippen LogP contribution in [0.2, 0.25) is 0 Å². The predicted molar refractivity (Wildman–Crippen MR) is 58.7 cm³/mol. The first-order valence-electron chi connectivity index (χ1n) is 5.24. The van der Waals surface area contributed by atoms with E-state index in [0.29, 0.717) is 23.8 Å². The number of anilines is 1. The molecule has 1 aromatic heterocycles. The zero-order valence-corrected chi connectivity index (χ0v) is 10.0. The highest BCUT2D eigenvalue weighted by atomic mass is 32.1. The number of hydrogen-bond acceptors (Lipinski definition) is 5. The van der Waals surface area contributed by atoms with E-state index in [9.17, 15) is 13.2 Å². The van der Waals surface area contributed by atoms with Crippen molar-refractivity contribution in [3.63, 3.8) is 0 Å². The van der Waals surface area contributed by atoms with Crippen LogP contribution < -0.4 is 11.1 Å². The Morgan fingerprint density at radius 3 is 2.47 bits per heavy atom. The molecule has 0 saturated heterocycles. The van der Waals surface area contributed by atoms with Gasteiger partial charge in [0.15, 0.2) is 0 Å². The van der Waals surface area contributed by atoms with Crippen molar-refractivity contribution in [3.8, 4) is 0 Å². The van der Waals surface area contributed by atoms with E-state index < -0.39 is 11.2 Å². The number of nitrogens with one attached hydrogen (secondary N) is 1. The van der Waals surface area contributed by atoms with Crippen LogP contribution in [0.1, 0.15) is 24.8 Å². The van der Waals surface area contributed by atoms with Gasteiger partial charge < -0.3 is 11.1 Å². The standard InChI is InChI=1S/C9H13F3N4S/c1-8(4-13,5-2-3-5)14-7-16-15-6(17-7)9(10,11)12/h5H,2-4,13H2,1H3,(H,14,16). The third-order valence-corrected chi connectivity index (χ3v) is 3.85. The highest BCUT2D eigenvalue weighted by molar-refractivity contribution is 7.15. The summed E-state index contributed by atoms with van der Waals surface area (Å²) in [7, 11) is 0. The van der Waals surface area contributed by atoms with Crippen LogP contribution in [-0.4, -0.2) is 22.3 Å². The van der Waals surface area contributed by atoms with E-state index in [1.165, 1.54) is 0 Å². The molecule has 1 unspecified atom stereocenters. The summed E-state index contributed by atoms with van der Waals surface area (Å²) in [4.78, 5) is 0. The van der Waals surface area contributed by atoms with Gasteiger partial charge in [-0.1, -0.05) is 11.3 Å². The number of halogens is 3. The Bertz CT molecular complexity index is 401. The molecule has 2 rings (SSSR count). The van der Waals surface area contributed by atoms with Crippen LogP contribution in [-0.2, 0) is 6.18 Å². The van der Waals surface area contributed by atoms with Crippen LogP contribution in [0.25, 0.3) is 0 Å². The summed E-state index contributed by atoms with van der Waals surface area (Å²) in [5, 5.41) is 8.86. The molecule has 0 aromatic carbocycles. The van der Waals surface area contributed by atoms with E-state index in [2.05, 4.69) is 15.5 Å². The smallest absolute Gasteiger partial charge is 0.353 e. The zero-order valence-electron chi connectivity index (χ0n) is 9.21. The lowest BCUT2D eigenvalue weighted by Crippen LogP contribution is -2.44. The Morgan fingerprint density at radius 1 is 1.41 bits per heavy atom. The fraction of sp³-hybridized carbons (Fsp3) is 0.778. The van der Waals surface area contributed by atoms with Crippen molar-refractivity contribution >= 4 is 16.5 Å². The van der Waals surface area contributed by atoms with Crippen molar-refractivity contribution in [2.45, 2.75) is 31.5 Å². The molecule has 0 aliphatic heterocycles. The number of rotatable bonds is 4. The average molecular weight is 266 g/mol. The van der Waals surface area contributed by atoms with E-state index in [1.54, 1.807) is 0 Å². The molecule has 17 heavy (non-hydrogen) atoms. The zero-order chi connectivity index (χ0) is 12.7. The molecule has 1 atom stereocenters. The monoisotopic (exact) mass is 266 g/mol. The molecule has 0 bridgehead atoms. The van der Waals surface area contributed by atoms with Crippen LogP contribution in [0, 0.1) is 5.92 Å². The van der Waals surface area contributed by atoms with Crippen molar-refractivity contribution in [3.05, 3.63) is 5.01 Å². The predicted octanol–water partition coefficient (Wildman–Crippen LogP) is 2.10. The molecule has 0 radical (unpaired) electrons. The SMILES string of the molecule is CC(CN)(Nc1nnc(C(F)(F)F)s1)C1CC1. The van der Waals surface area contributed by atoms with Gasteiger partial charge >= 0.3 is 6.18 Å². The number of aromatic nitrogens is 2. The Hall–Kier alpha value is -0.890. The minimum Gasteiger partial charge on any atom is -0.353 e. The summed E-state index contributed by atoms with van der Waals surface area (Å²) >= 11 is 0.513. The van der Waals surface area contributed by atoms with Crippen LogP contribution in [0.5, 0.6) is 0 Å². The normalized spacial score (nSPS) is 20.1. The summed E-state index contributed by atoms with van der Waals surface area (Å²) in [6.45, 7) is 2.26. The molecule has 8 heteroatoms. The van der Waals surface area contributed by atoms with Gasteiger partial charge in [-0.05, 0) is 25.7 Å². The van der Waals surface area contributed by atoms with Gasteiger partial charge in [0.2, 0.25) is 10.1 Å². The summed E-state index contributed by atoms with van der Waals surface area (Å²) in [6, 6.07) is 0. The number of alkyl halides is 3. The van der Waals surface area contributed by atoms with E-state index in [1.807, 2.05) is 6.92 Å². The number of hydrogen-bond donors (Lipinski definition) is 2. The Labute approximate surface area is 100 Å². The molecule has 1 fully saturated rings. The topological polar surface area (TPSA) is 63.8 Å². The maximum absolute atomic E-state index is 12.3. The lowest BCUT2D eigenvalue weighted by molar-refractivity contribution is -0.138. The van der Waals surface area contributed by atoms with Crippen LogP contribution >= 0.6 is 11.3 Å². The van der Waals surface area contributed by atoms with Gasteiger partial charge in [-0.15, -0.1) is 10.2 Å². The average Bonchev–Trinajstić information content (AvgIpc) is 2.99. The number of nitrogens with zero attached hydrogens (tertiary/aromatic N) is 2. The summed E-state index contributed by atoms with van der Waals surface area (Å²) in [6.07, 6.45) is -2.34. The summed E-state index contributed by atoms with van der Waals surface area (Å²) in [5.74, 6) is 0.408. The summed E-state index contributed by atoms with van der Waals surface area (Å²) < 4.78 is 37.0. The molecule has 1 saturated carbocycles. The first-order valence-corrected chi connectivity index (χ1v) is 6.06. The van der Waals surface area contributed by atoms with Crippen molar-refractivity contribution < 1.29 is 13.2 Å². The van der Waals surface area contributed by atoms with Crippen molar-refractivity contribution in [1.82, 2.24) is 10.2 Å². The molecule has 1 aliphatic carbocycles. The Morgan fingerprint density at radius 2 is 2.06 bits per heavy atom. The van der Waals surface area contributed by atoms with Crippen molar-refractivity contribution in [2.24, 2.45) is 11.7 Å². The quantitative estimate of drug-likeness (QED) is 0.876. The minimum atomic E-state index is -4.43. The van der Waals surface area contributed by atoms with Crippen molar-refractivity contribution in [2.75, 3.05) is 11.9 Å². The highest BCUT2D eigenvalue weighted by Crippen LogP contribution is 2.42. The second-order valence-corrected chi connectivity index (χ2v) is 5.41. The van der Waals surface area contributed by atoms with E-state index >= 15 is 0 Å². The van der Waals surface area contributed by atoms with Crippen LogP contribution in [0.3, 0.4) is 0 Å². The summed E-state index contributed by atoms with van der Waals surface area (Å²) in [5.41, 5.74) is 5.27. The molecule has 3 N–H and O–H groups in total. The lowest BCUT2D eigenvalue weighted by Gasteiger charge is -2.28. The molecule has 0 amide bonds. The molecule has 1 heterocycles. The molecule has 1 aliphatic rings. The van der Waals surface area contributed by atoms with E-state index in [-0.39, 0.29) is 10.7 Å². The van der Waals surface area contributed by atoms with Gasteiger partial charge in [-0.25, -0.2) is 0 Å². The van der Waals surface area contributed by atoms with Gasteiger partial charge in [-0.2, -0.15) is 13.2 Å². The third kappa shape index (κ3) is 2.68. The Balaban J connectivity index is 2.10. The van der Waals surface area contributed by atoms with Crippen LogP contribution in [0.15, 0.2) is 0 Å². The largest absolute Gasteiger partial charge is 0.445 e. The van der Waals surface area contributed by atoms with Crippen LogP contribution in [0.4, 0.5) is 18.3 Å². The minimum absolute atomic E-state index is 0.178. The molecule has 1 aromatic rings. The van der Waals surface area contributed by atoms with Gasteiger partial charge in [0, 0.05) is 6.54 Å². The van der Waals surface area contributed by atoms with Gasteiger partial charge in [0.25, 0.3) is 0 Å². The molecular formula is C9H13F3N4S. The van der Waals surface area contributed by atoms with E-state index in [4.69, 9.17) is 5.73 Å². The van der Waals surface area contributed by atoms with E-state index in [0.717, 1.165) is 12.8 Å². The van der Waals surface area contributed by atoms with Gasteiger partial charge in [0.05, 0.1) is 5.54 Å². The molecule has 4 nitrogen and oxygen atoms in total. The van der Waals surface area contributed by atoms with Gasteiger partial charge in [-0.3, -0.25) is 0 Å². The second kappa shape index (κ2) is 4.09. The maximum Gasteiger partial charge on any atom is 0.445 e. The fourth-order valence-corrected chi connectivity index (χ4v) is 2.42. The maximum atomic E-state index is 12.3. The lowest BCUT2D eigenvalue weighted by atomic mass is 9.96. The molecule has 96 valence electrons. The molecule has 0 spiro atoms. The first kappa shape index (κ1) is 12.6. The Kier molecular flexibility index (Phi) is 3.03. The fourth-order valence-electron chi connectivity index (χ4n) is 1.67. The van der Waals surface area contributed by atoms with Gasteiger partial charge in [0.1, 0.15) is 0 Å². The first-order chi connectivity index (χ1) is 7.85.